The minimum Gasteiger partial charge on any atom is -0.481 e. The van der Waals surface area contributed by atoms with Crippen molar-refractivity contribution in [2.45, 2.75) is 70.8 Å². The number of hydrogen-bond acceptors (Lipinski definition) is 4. The van der Waals surface area contributed by atoms with Crippen LogP contribution in [0.25, 0.3) is 0 Å². The van der Waals surface area contributed by atoms with Gasteiger partial charge in [0.15, 0.2) is 0 Å². The maximum absolute atomic E-state index is 12.3. The van der Waals surface area contributed by atoms with Gasteiger partial charge in [0.1, 0.15) is 5.78 Å². The first-order valence-corrected chi connectivity index (χ1v) is 11.3. The van der Waals surface area contributed by atoms with Gasteiger partial charge < -0.3 is 10.2 Å². The van der Waals surface area contributed by atoms with Gasteiger partial charge in [-0.15, -0.1) is 23.2 Å². The highest BCUT2D eigenvalue weighted by Gasteiger charge is 2.29. The van der Waals surface area contributed by atoms with Crippen molar-refractivity contribution in [2.24, 2.45) is 5.92 Å². The number of hydrogen-bond donors (Lipinski definition) is 2. The van der Waals surface area contributed by atoms with Crippen molar-refractivity contribution < 1.29 is 19.8 Å². The molecule has 1 fully saturated rings. The molecule has 1 aromatic heterocycles. The Hall–Kier alpha value is -1.42. The number of carboxylic acid groups (broad SMARTS) is 1. The summed E-state index contributed by atoms with van der Waals surface area (Å²) in [5.74, 6) is 5.48. The molecular weight excluding hydrogens is 440 g/mol. The highest BCUT2D eigenvalue weighted by atomic mass is 79.9. The van der Waals surface area contributed by atoms with Crippen molar-refractivity contribution in [3.8, 4) is 11.8 Å². The number of ketones is 1. The number of carbonyl (C=O) groups excluding carboxylic acids is 1. The summed E-state index contributed by atoms with van der Waals surface area (Å²) in [6.07, 6.45) is 6.65. The number of aliphatic hydroxyl groups excluding tert-OH is 1. The zero-order chi connectivity index (χ0) is 20.5. The van der Waals surface area contributed by atoms with Crippen molar-refractivity contribution in [1.29, 1.82) is 0 Å². The van der Waals surface area contributed by atoms with E-state index in [1.165, 1.54) is 9.75 Å². The van der Waals surface area contributed by atoms with Crippen molar-refractivity contribution in [3.63, 3.8) is 0 Å². The molecule has 1 saturated carbocycles. The van der Waals surface area contributed by atoms with E-state index in [-0.39, 0.29) is 18.1 Å². The summed E-state index contributed by atoms with van der Waals surface area (Å²) in [5, 5.41) is 18.8. The van der Waals surface area contributed by atoms with Crippen molar-refractivity contribution in [3.05, 3.63) is 31.9 Å². The molecule has 28 heavy (non-hydrogen) atoms. The number of rotatable bonds is 9. The first-order chi connectivity index (χ1) is 13.4. The van der Waals surface area contributed by atoms with Crippen LogP contribution in [-0.4, -0.2) is 28.1 Å². The second-order valence-corrected chi connectivity index (χ2v) is 9.35. The third-order valence-electron chi connectivity index (χ3n) is 4.96. The molecule has 0 amide bonds. The van der Waals surface area contributed by atoms with E-state index in [1.54, 1.807) is 11.3 Å². The maximum Gasteiger partial charge on any atom is 0.303 e. The average molecular weight is 467 g/mol. The summed E-state index contributed by atoms with van der Waals surface area (Å²) in [6, 6.07) is 2.09. The van der Waals surface area contributed by atoms with Gasteiger partial charge in [-0.05, 0) is 54.6 Å². The first-order valence-electron chi connectivity index (χ1n) is 9.67. The fourth-order valence-corrected chi connectivity index (χ4v) is 4.92. The zero-order valence-electron chi connectivity index (χ0n) is 16.2. The lowest BCUT2D eigenvalue weighted by molar-refractivity contribution is -0.137. The monoisotopic (exact) mass is 466 g/mol. The SMILES string of the molecule is Cc1sc(CCC(=O)CC=C2CCC(O)[C@@H]2CC#CCCCC(=O)O)cc1Br. The molecule has 4 nitrogen and oxygen atoms in total. The molecule has 0 aliphatic heterocycles. The molecule has 2 rings (SSSR count). The lowest BCUT2D eigenvalue weighted by Crippen LogP contribution is -2.13. The average Bonchev–Trinajstić information content (AvgIpc) is 3.16. The molecule has 0 aromatic carbocycles. The van der Waals surface area contributed by atoms with Gasteiger partial charge in [0, 0.05) is 52.2 Å². The molecular formula is C22H27BrO4S. The number of aliphatic hydroxyl groups is 1. The Bertz CT molecular complexity index is 765. The summed E-state index contributed by atoms with van der Waals surface area (Å²) in [5.41, 5.74) is 1.13. The molecule has 2 atom stereocenters. The Balaban J connectivity index is 1.79. The molecule has 2 N–H and O–H groups in total. The van der Waals surface area contributed by atoms with E-state index in [0.29, 0.717) is 38.5 Å². The quantitative estimate of drug-likeness (QED) is 0.303. The van der Waals surface area contributed by atoms with Crippen molar-refractivity contribution in [2.75, 3.05) is 0 Å². The molecule has 0 spiro atoms. The lowest BCUT2D eigenvalue weighted by atomic mass is 9.95. The Kier molecular flexibility index (Phi) is 9.43. The van der Waals surface area contributed by atoms with Crippen LogP contribution in [0.4, 0.5) is 0 Å². The van der Waals surface area contributed by atoms with Gasteiger partial charge in [-0.1, -0.05) is 11.6 Å². The molecule has 1 aliphatic carbocycles. The van der Waals surface area contributed by atoms with E-state index in [2.05, 4.69) is 40.8 Å². The molecule has 1 aliphatic rings. The number of carboxylic acids is 1. The highest BCUT2D eigenvalue weighted by Crippen LogP contribution is 2.34. The molecule has 6 heteroatoms. The molecule has 152 valence electrons. The van der Waals surface area contributed by atoms with Gasteiger partial charge in [0.2, 0.25) is 0 Å². The Morgan fingerprint density at radius 2 is 2.14 bits per heavy atom. The van der Waals surface area contributed by atoms with Gasteiger partial charge in [-0.3, -0.25) is 9.59 Å². The zero-order valence-corrected chi connectivity index (χ0v) is 18.6. The van der Waals surface area contributed by atoms with E-state index in [9.17, 15) is 14.7 Å². The fraction of sp³-hybridized carbons (Fsp3) is 0.545. The smallest absolute Gasteiger partial charge is 0.303 e. The summed E-state index contributed by atoms with van der Waals surface area (Å²) >= 11 is 5.23. The van der Waals surface area contributed by atoms with E-state index in [4.69, 9.17) is 5.11 Å². The van der Waals surface area contributed by atoms with Crippen LogP contribution < -0.4 is 0 Å². The minimum absolute atomic E-state index is 0.00400. The second kappa shape index (κ2) is 11.5. The first kappa shape index (κ1) is 22.9. The van der Waals surface area contributed by atoms with Crippen LogP contribution in [0.5, 0.6) is 0 Å². The van der Waals surface area contributed by atoms with Crippen LogP contribution in [-0.2, 0) is 16.0 Å². The van der Waals surface area contributed by atoms with Crippen LogP contribution >= 0.6 is 27.3 Å². The number of thiophene rings is 1. The van der Waals surface area contributed by atoms with Crippen LogP contribution in [0.2, 0.25) is 0 Å². The minimum atomic E-state index is -0.801. The van der Waals surface area contributed by atoms with Gasteiger partial charge >= 0.3 is 5.97 Å². The molecule has 0 saturated heterocycles. The van der Waals surface area contributed by atoms with E-state index in [1.807, 2.05) is 6.08 Å². The van der Waals surface area contributed by atoms with Crippen molar-refractivity contribution >= 4 is 39.0 Å². The van der Waals surface area contributed by atoms with Crippen molar-refractivity contribution in [1.82, 2.24) is 0 Å². The van der Waals surface area contributed by atoms with Gasteiger partial charge in [0.25, 0.3) is 0 Å². The van der Waals surface area contributed by atoms with Gasteiger partial charge in [-0.2, -0.15) is 0 Å². The number of aryl methyl sites for hydroxylation is 2. The Morgan fingerprint density at radius 1 is 1.36 bits per heavy atom. The van der Waals surface area contributed by atoms with Gasteiger partial charge in [0.05, 0.1) is 6.10 Å². The summed E-state index contributed by atoms with van der Waals surface area (Å²) in [6.45, 7) is 2.06. The normalized spacial score (nSPS) is 20.2. The third-order valence-corrected chi connectivity index (χ3v) is 7.16. The number of halogens is 1. The standard InChI is InChI=1S/C22H27BrO4S/c1-15-20(23)14-18(28-15)12-11-17(24)10-8-16-9-13-21(25)19(16)6-4-2-3-5-7-22(26)27/h8,14,19,21,25H,3,5-7,9-13H2,1H3,(H,26,27)/t19-,21?/m1/s1. The van der Waals surface area contributed by atoms with Crippen LogP contribution in [0.1, 0.15) is 61.1 Å². The Morgan fingerprint density at radius 3 is 2.82 bits per heavy atom. The molecule has 1 heterocycles. The highest BCUT2D eigenvalue weighted by molar-refractivity contribution is 9.10. The largest absolute Gasteiger partial charge is 0.481 e. The number of allylic oxidation sites excluding steroid dienone is 1. The predicted octanol–water partition coefficient (Wildman–Crippen LogP) is 5.06. The lowest BCUT2D eigenvalue weighted by Gasteiger charge is -2.13. The summed E-state index contributed by atoms with van der Waals surface area (Å²) in [4.78, 5) is 25.2. The number of Topliss-reactive ketones (excluding diaryl/α,β-unsaturated/α-hetero) is 1. The maximum atomic E-state index is 12.3. The van der Waals surface area contributed by atoms with Crippen LogP contribution in [0.15, 0.2) is 22.2 Å². The number of carbonyl (C=O) groups is 2. The summed E-state index contributed by atoms with van der Waals surface area (Å²) in [7, 11) is 0. The Labute approximate surface area is 179 Å². The predicted molar refractivity (Wildman–Crippen MR) is 115 cm³/mol. The van der Waals surface area contributed by atoms with E-state index >= 15 is 0 Å². The van der Waals surface area contributed by atoms with Gasteiger partial charge in [-0.25, -0.2) is 0 Å². The number of unbranched alkanes of at least 4 members (excludes halogenated alkanes) is 1. The molecule has 1 unspecified atom stereocenters. The third kappa shape index (κ3) is 7.54. The van der Waals surface area contributed by atoms with Crippen LogP contribution in [0, 0.1) is 24.7 Å². The fourth-order valence-electron chi connectivity index (χ4n) is 3.32. The van der Waals surface area contributed by atoms with E-state index < -0.39 is 12.1 Å². The topological polar surface area (TPSA) is 74.6 Å². The molecule has 1 aromatic rings. The van der Waals surface area contributed by atoms with Crippen LogP contribution in [0.3, 0.4) is 0 Å². The van der Waals surface area contributed by atoms with E-state index in [0.717, 1.165) is 22.9 Å². The second-order valence-electron chi connectivity index (χ2n) is 7.16. The molecule has 0 bridgehead atoms. The summed E-state index contributed by atoms with van der Waals surface area (Å²) < 4.78 is 1.11. The number of aliphatic carboxylic acids is 1. The molecule has 0 radical (unpaired) electrons.